The van der Waals surface area contributed by atoms with Crippen LogP contribution in [0.3, 0.4) is 0 Å². The molecule has 1 fully saturated rings. The van der Waals surface area contributed by atoms with Gasteiger partial charge in [0.2, 0.25) is 0 Å². The summed E-state index contributed by atoms with van der Waals surface area (Å²) in [4.78, 5) is 14.6. The molecule has 3 unspecified atom stereocenters. The van der Waals surface area contributed by atoms with Gasteiger partial charge in [-0.25, -0.2) is 8.42 Å². The molecule has 1 aliphatic heterocycles. The first kappa shape index (κ1) is 34.3. The van der Waals surface area contributed by atoms with E-state index in [0.29, 0.717) is 23.2 Å². The number of sulfone groups is 1. The van der Waals surface area contributed by atoms with Crippen LogP contribution in [0.1, 0.15) is 58.8 Å². The number of ether oxygens (including phenoxy) is 1. The first-order valence-corrected chi connectivity index (χ1v) is 15.8. The van der Waals surface area contributed by atoms with Crippen molar-refractivity contribution >= 4 is 21.4 Å². The smallest absolute Gasteiger partial charge is 0.394 e. The number of piperidine rings is 1. The number of rotatable bonds is 11. The molecule has 1 heterocycles. The van der Waals surface area contributed by atoms with E-state index in [4.69, 9.17) is 0 Å². The van der Waals surface area contributed by atoms with E-state index < -0.39 is 71.5 Å². The highest BCUT2D eigenvalue weighted by Crippen LogP contribution is 2.39. The molecule has 1 aliphatic rings. The topological polar surface area (TPSA) is 116 Å². The normalized spacial score (nSPS) is 19.8. The second-order valence-corrected chi connectivity index (χ2v) is 12.9. The SMILES string of the molecule is CCS(=O)(=O)c1ccc([C@H](CO)NC(=O)c2ccc(N3C(COC(F)F)CCC(c4ccc(C(F)(F)F)cc4)C3O)cc2)cc1. The van der Waals surface area contributed by atoms with Gasteiger partial charge in [-0.05, 0) is 72.5 Å². The van der Waals surface area contributed by atoms with Gasteiger partial charge in [0.15, 0.2) is 9.84 Å². The number of hydrogen-bond donors (Lipinski definition) is 3. The van der Waals surface area contributed by atoms with E-state index in [0.717, 1.165) is 12.1 Å². The third-order valence-electron chi connectivity index (χ3n) is 7.87. The Bertz CT molecular complexity index is 1530. The van der Waals surface area contributed by atoms with Gasteiger partial charge < -0.3 is 25.2 Å². The molecule has 1 amide bonds. The largest absolute Gasteiger partial charge is 0.416 e. The van der Waals surface area contributed by atoms with Crippen LogP contribution in [0.2, 0.25) is 0 Å². The number of amides is 1. The number of nitrogens with zero attached hydrogens (tertiary/aromatic N) is 1. The lowest BCUT2D eigenvalue weighted by atomic mass is 9.85. The highest BCUT2D eigenvalue weighted by Gasteiger charge is 2.38. The number of anilines is 1. The third-order valence-corrected chi connectivity index (χ3v) is 9.62. The average Bonchev–Trinajstić information content (AvgIpc) is 3.02. The fourth-order valence-corrected chi connectivity index (χ4v) is 6.26. The maximum Gasteiger partial charge on any atom is 0.416 e. The molecule has 0 saturated carbocycles. The van der Waals surface area contributed by atoms with Crippen molar-refractivity contribution in [3.63, 3.8) is 0 Å². The zero-order valence-electron chi connectivity index (χ0n) is 24.1. The Kier molecular flexibility index (Phi) is 10.8. The Labute approximate surface area is 257 Å². The number of benzene rings is 3. The highest BCUT2D eigenvalue weighted by atomic mass is 32.2. The summed E-state index contributed by atoms with van der Waals surface area (Å²) in [6, 6.07) is 14.5. The molecule has 244 valence electrons. The Morgan fingerprint density at radius 3 is 2.16 bits per heavy atom. The summed E-state index contributed by atoms with van der Waals surface area (Å²) in [5.74, 6) is -1.28. The first-order chi connectivity index (χ1) is 21.2. The number of halogens is 5. The monoisotopic (exact) mass is 656 g/mol. The van der Waals surface area contributed by atoms with Crippen molar-refractivity contribution in [2.24, 2.45) is 0 Å². The lowest BCUT2D eigenvalue weighted by Crippen LogP contribution is -2.52. The molecule has 4 atom stereocenters. The Morgan fingerprint density at radius 2 is 1.62 bits per heavy atom. The first-order valence-electron chi connectivity index (χ1n) is 14.1. The van der Waals surface area contributed by atoms with E-state index in [9.17, 15) is 45.4 Å². The Balaban J connectivity index is 1.53. The Hall–Kier alpha value is -3.59. The van der Waals surface area contributed by atoms with Crippen LogP contribution >= 0.6 is 0 Å². The van der Waals surface area contributed by atoms with Gasteiger partial charge in [-0.3, -0.25) is 4.79 Å². The predicted octanol–water partition coefficient (Wildman–Crippen LogP) is 5.27. The number of nitrogens with one attached hydrogen (secondary N) is 1. The summed E-state index contributed by atoms with van der Waals surface area (Å²) < 4.78 is 93.7. The fraction of sp³-hybridized carbons (Fsp3) is 0.387. The summed E-state index contributed by atoms with van der Waals surface area (Å²) >= 11 is 0. The molecule has 0 radical (unpaired) electrons. The van der Waals surface area contributed by atoms with E-state index in [-0.39, 0.29) is 22.6 Å². The lowest BCUT2D eigenvalue weighted by molar-refractivity contribution is -0.137. The standard InChI is InChI=1S/C31H33F5N2O6S/c1-2-45(42,43)25-14-7-20(8-15-25)27(17-39)37-28(40)21-5-11-23(12-6-21)38-24(18-44-30(32)33)13-16-26(29(38)41)19-3-9-22(10-4-19)31(34,35)36/h3-12,14-15,24,26-27,29-30,39,41H,2,13,16-18H2,1H3,(H,37,40)/t24?,26?,27-,29?/m0/s1. The van der Waals surface area contributed by atoms with E-state index >= 15 is 0 Å². The van der Waals surface area contributed by atoms with Gasteiger partial charge in [-0.1, -0.05) is 31.2 Å². The van der Waals surface area contributed by atoms with Gasteiger partial charge in [0, 0.05) is 17.2 Å². The molecule has 3 N–H and O–H groups in total. The number of aliphatic hydroxyl groups excluding tert-OH is 2. The fourth-order valence-electron chi connectivity index (χ4n) is 5.37. The molecule has 0 aromatic heterocycles. The van der Waals surface area contributed by atoms with E-state index in [1.807, 2.05) is 0 Å². The second kappa shape index (κ2) is 14.2. The summed E-state index contributed by atoms with van der Waals surface area (Å²) in [6.07, 6.45) is -5.25. The Morgan fingerprint density at radius 1 is 1.00 bits per heavy atom. The van der Waals surface area contributed by atoms with Crippen LogP contribution in [0.15, 0.2) is 77.7 Å². The molecule has 0 spiro atoms. The number of alkyl halides is 5. The van der Waals surface area contributed by atoms with Crippen molar-refractivity contribution in [3.8, 4) is 0 Å². The molecule has 1 saturated heterocycles. The van der Waals surface area contributed by atoms with Gasteiger partial charge in [0.25, 0.3) is 5.91 Å². The minimum Gasteiger partial charge on any atom is -0.394 e. The zero-order valence-corrected chi connectivity index (χ0v) is 24.9. The summed E-state index contributed by atoms with van der Waals surface area (Å²) in [5, 5.41) is 23.9. The molecule has 45 heavy (non-hydrogen) atoms. The number of carbonyl (C=O) groups excluding carboxylic acids is 1. The molecule has 3 aromatic carbocycles. The average molecular weight is 657 g/mol. The van der Waals surface area contributed by atoms with Crippen molar-refractivity contribution < 1.29 is 50.1 Å². The number of hydrogen-bond acceptors (Lipinski definition) is 7. The molecule has 3 aromatic rings. The van der Waals surface area contributed by atoms with Crippen LogP contribution in [0.25, 0.3) is 0 Å². The van der Waals surface area contributed by atoms with Crippen LogP contribution in [-0.2, 0) is 20.8 Å². The van der Waals surface area contributed by atoms with Crippen molar-refractivity contribution in [1.29, 1.82) is 0 Å². The molecule has 14 heteroatoms. The van der Waals surface area contributed by atoms with Crippen molar-refractivity contribution in [1.82, 2.24) is 5.32 Å². The van der Waals surface area contributed by atoms with Crippen molar-refractivity contribution in [3.05, 3.63) is 95.1 Å². The molecule has 0 aliphatic carbocycles. The predicted molar refractivity (Wildman–Crippen MR) is 156 cm³/mol. The number of carbonyl (C=O) groups is 1. The van der Waals surface area contributed by atoms with E-state index in [2.05, 4.69) is 10.1 Å². The minimum absolute atomic E-state index is 0.0767. The van der Waals surface area contributed by atoms with E-state index in [1.165, 1.54) is 72.5 Å². The molecule has 8 nitrogen and oxygen atoms in total. The van der Waals surface area contributed by atoms with Crippen LogP contribution < -0.4 is 10.2 Å². The second-order valence-electron chi connectivity index (χ2n) is 10.6. The van der Waals surface area contributed by atoms with Crippen molar-refractivity contribution in [2.45, 2.75) is 61.7 Å². The molecule has 0 bridgehead atoms. The zero-order chi connectivity index (χ0) is 32.9. The van der Waals surface area contributed by atoms with Crippen molar-refractivity contribution in [2.75, 3.05) is 23.9 Å². The van der Waals surface area contributed by atoms with E-state index in [1.54, 1.807) is 0 Å². The van der Waals surface area contributed by atoms with Gasteiger partial charge in [-0.15, -0.1) is 0 Å². The van der Waals surface area contributed by atoms with Crippen LogP contribution in [-0.4, -0.2) is 62.4 Å². The third kappa shape index (κ3) is 8.17. The number of aliphatic hydroxyl groups is 2. The van der Waals surface area contributed by atoms with Gasteiger partial charge in [0.05, 0.1) is 41.5 Å². The minimum atomic E-state index is -4.53. The van der Waals surface area contributed by atoms with Gasteiger partial charge >= 0.3 is 12.8 Å². The maximum atomic E-state index is 13.1. The van der Waals surface area contributed by atoms with Crippen LogP contribution in [0.4, 0.5) is 27.6 Å². The molecular formula is C31H33F5N2O6S. The highest BCUT2D eigenvalue weighted by molar-refractivity contribution is 7.91. The lowest BCUT2D eigenvalue weighted by Gasteiger charge is -2.45. The van der Waals surface area contributed by atoms with Crippen LogP contribution in [0.5, 0.6) is 0 Å². The van der Waals surface area contributed by atoms with Gasteiger partial charge in [0.1, 0.15) is 6.23 Å². The summed E-state index contributed by atoms with van der Waals surface area (Å²) in [6.45, 7) is -2.42. The molecule has 4 rings (SSSR count). The van der Waals surface area contributed by atoms with Gasteiger partial charge in [-0.2, -0.15) is 22.0 Å². The molecular weight excluding hydrogens is 623 g/mol. The summed E-state index contributed by atoms with van der Waals surface area (Å²) in [7, 11) is -3.43. The maximum absolute atomic E-state index is 13.1. The van der Waals surface area contributed by atoms with Crippen LogP contribution in [0, 0.1) is 0 Å². The quantitative estimate of drug-likeness (QED) is 0.241. The summed E-state index contributed by atoms with van der Waals surface area (Å²) in [5.41, 5.74) is 0.624.